The van der Waals surface area contributed by atoms with Gasteiger partial charge >= 0.3 is 5.91 Å². The maximum Gasteiger partial charge on any atom is 0.301 e. The molecule has 1 saturated heterocycles. The molecule has 6 nitrogen and oxygen atoms in total. The van der Waals surface area contributed by atoms with E-state index < -0.39 is 35.1 Å². The van der Waals surface area contributed by atoms with Crippen LogP contribution in [0.2, 0.25) is 0 Å². The average molecular weight is 396 g/mol. The molecule has 8 heteroatoms. The Bertz CT molecular complexity index is 1150. The van der Waals surface area contributed by atoms with Gasteiger partial charge in [0.1, 0.15) is 23.2 Å². The number of rotatable bonds is 3. The lowest BCUT2D eigenvalue weighted by Gasteiger charge is -2.23. The normalized spacial score (nSPS) is 18.4. The summed E-state index contributed by atoms with van der Waals surface area (Å²) in [5.41, 5.74) is -0.217. The van der Waals surface area contributed by atoms with Crippen LogP contribution in [0.15, 0.2) is 64.7 Å². The van der Waals surface area contributed by atoms with Crippen molar-refractivity contribution in [1.82, 2.24) is 5.16 Å². The second-order valence-corrected chi connectivity index (χ2v) is 6.49. The summed E-state index contributed by atoms with van der Waals surface area (Å²) in [6.07, 6.45) is 0. The lowest BCUT2D eigenvalue weighted by Crippen LogP contribution is -2.30. The van der Waals surface area contributed by atoms with Crippen LogP contribution in [-0.2, 0) is 9.59 Å². The van der Waals surface area contributed by atoms with Crippen molar-refractivity contribution in [2.24, 2.45) is 0 Å². The Kier molecular flexibility index (Phi) is 4.46. The van der Waals surface area contributed by atoms with Crippen molar-refractivity contribution >= 4 is 23.3 Å². The van der Waals surface area contributed by atoms with Crippen LogP contribution in [0.3, 0.4) is 0 Å². The third-order valence-corrected chi connectivity index (χ3v) is 4.62. The summed E-state index contributed by atoms with van der Waals surface area (Å²) >= 11 is 0. The summed E-state index contributed by atoms with van der Waals surface area (Å²) in [6, 6.07) is 10.5. The molecule has 3 aromatic rings. The summed E-state index contributed by atoms with van der Waals surface area (Å²) < 4.78 is 32.9. The molecule has 2 heterocycles. The third kappa shape index (κ3) is 3.08. The molecule has 29 heavy (non-hydrogen) atoms. The average Bonchev–Trinajstić information content (AvgIpc) is 3.23. The zero-order chi connectivity index (χ0) is 20.7. The van der Waals surface area contributed by atoms with E-state index in [1.54, 1.807) is 13.0 Å². The first-order valence-corrected chi connectivity index (χ1v) is 8.63. The second kappa shape index (κ2) is 6.97. The first-order chi connectivity index (χ1) is 13.9. The van der Waals surface area contributed by atoms with Crippen LogP contribution in [0.4, 0.5) is 14.6 Å². The summed E-state index contributed by atoms with van der Waals surface area (Å²) in [5.74, 6) is -3.36. The Morgan fingerprint density at radius 3 is 2.41 bits per heavy atom. The molecule has 1 aliphatic rings. The van der Waals surface area contributed by atoms with Crippen LogP contribution < -0.4 is 4.90 Å². The van der Waals surface area contributed by atoms with Crippen LogP contribution in [0.25, 0.3) is 5.76 Å². The number of aliphatic hydroxyl groups is 1. The minimum atomic E-state index is -1.27. The fourth-order valence-electron chi connectivity index (χ4n) is 3.29. The summed E-state index contributed by atoms with van der Waals surface area (Å²) in [7, 11) is 0. The van der Waals surface area contributed by atoms with Crippen molar-refractivity contribution in [3.8, 4) is 0 Å². The molecule has 0 radical (unpaired) electrons. The van der Waals surface area contributed by atoms with E-state index in [9.17, 15) is 23.5 Å². The van der Waals surface area contributed by atoms with Gasteiger partial charge in [0.15, 0.2) is 5.82 Å². The number of benzene rings is 2. The van der Waals surface area contributed by atoms with E-state index >= 15 is 0 Å². The van der Waals surface area contributed by atoms with Gasteiger partial charge in [-0.2, -0.15) is 0 Å². The molecule has 1 aromatic heterocycles. The van der Waals surface area contributed by atoms with E-state index in [1.807, 2.05) is 0 Å². The van der Waals surface area contributed by atoms with Crippen molar-refractivity contribution in [1.29, 1.82) is 0 Å². The van der Waals surface area contributed by atoms with Crippen molar-refractivity contribution in [3.63, 3.8) is 0 Å². The predicted molar refractivity (Wildman–Crippen MR) is 98.8 cm³/mol. The van der Waals surface area contributed by atoms with Gasteiger partial charge in [0.05, 0.1) is 11.6 Å². The van der Waals surface area contributed by atoms with E-state index in [2.05, 4.69) is 5.16 Å². The van der Waals surface area contributed by atoms with Gasteiger partial charge in [-0.25, -0.2) is 8.78 Å². The summed E-state index contributed by atoms with van der Waals surface area (Å²) in [4.78, 5) is 26.6. The first kappa shape index (κ1) is 18.5. The molecule has 146 valence electrons. The minimum absolute atomic E-state index is 0.00369. The standard InChI is InChI=1S/C21H14F2N2O4/c1-11-10-16(24-29-11)25-18(14-4-2-3-5-15(14)23)17(20(27)21(25)28)19(26)12-6-8-13(22)9-7-12/h2-10,18,26H,1H3/t18-/m1/s1. The SMILES string of the molecule is Cc1cc(N2C(=O)C(=O)C(=C(O)c3ccc(F)cc3)[C@H]2c2ccccc2F)no1. The number of halogens is 2. The highest BCUT2D eigenvalue weighted by Crippen LogP contribution is 2.42. The summed E-state index contributed by atoms with van der Waals surface area (Å²) in [6.45, 7) is 1.60. The number of hydrogen-bond acceptors (Lipinski definition) is 5. The number of hydrogen-bond donors (Lipinski definition) is 1. The first-order valence-electron chi connectivity index (χ1n) is 8.63. The van der Waals surface area contributed by atoms with Crippen LogP contribution in [-0.4, -0.2) is 22.0 Å². The molecule has 4 rings (SSSR count). The molecule has 0 spiro atoms. The highest BCUT2D eigenvalue weighted by Gasteiger charge is 2.48. The van der Waals surface area contributed by atoms with Gasteiger partial charge < -0.3 is 9.63 Å². The van der Waals surface area contributed by atoms with Crippen LogP contribution >= 0.6 is 0 Å². The molecule has 0 aliphatic carbocycles. The van der Waals surface area contributed by atoms with E-state index in [0.717, 1.165) is 17.0 Å². The number of aryl methyl sites for hydroxylation is 1. The van der Waals surface area contributed by atoms with E-state index in [-0.39, 0.29) is 22.5 Å². The van der Waals surface area contributed by atoms with E-state index in [1.165, 1.54) is 36.4 Å². The zero-order valence-electron chi connectivity index (χ0n) is 15.1. The smallest absolute Gasteiger partial charge is 0.301 e. The Morgan fingerprint density at radius 1 is 1.10 bits per heavy atom. The fourth-order valence-corrected chi connectivity index (χ4v) is 3.29. The van der Waals surface area contributed by atoms with Gasteiger partial charge in [0, 0.05) is 17.2 Å². The molecular weight excluding hydrogens is 382 g/mol. The minimum Gasteiger partial charge on any atom is -0.507 e. The number of carbonyl (C=O) groups excluding carboxylic acids is 2. The monoisotopic (exact) mass is 396 g/mol. The van der Waals surface area contributed by atoms with Crippen molar-refractivity contribution in [3.05, 3.63) is 88.7 Å². The van der Waals surface area contributed by atoms with Gasteiger partial charge in [-0.1, -0.05) is 23.4 Å². The Hall–Kier alpha value is -3.81. The molecule has 1 aliphatic heterocycles. The maximum absolute atomic E-state index is 14.6. The number of anilines is 1. The Balaban J connectivity index is 1.97. The summed E-state index contributed by atoms with van der Waals surface area (Å²) in [5, 5.41) is 14.6. The number of ketones is 1. The van der Waals surface area contributed by atoms with Crippen LogP contribution in [0, 0.1) is 18.6 Å². The Morgan fingerprint density at radius 2 is 1.79 bits per heavy atom. The molecule has 1 N–H and O–H groups in total. The molecular formula is C21H14F2N2O4. The van der Waals surface area contributed by atoms with E-state index in [4.69, 9.17) is 4.52 Å². The maximum atomic E-state index is 14.6. The third-order valence-electron chi connectivity index (χ3n) is 4.62. The Labute approximate surface area is 163 Å². The topological polar surface area (TPSA) is 83.6 Å². The molecule has 2 aromatic carbocycles. The number of Topliss-reactive ketones (excluding diaryl/α,β-unsaturated/α-hetero) is 1. The predicted octanol–water partition coefficient (Wildman–Crippen LogP) is 3.89. The number of amides is 1. The van der Waals surface area contributed by atoms with Gasteiger partial charge in [-0.15, -0.1) is 0 Å². The van der Waals surface area contributed by atoms with Crippen molar-refractivity contribution < 1.29 is 28.0 Å². The highest BCUT2D eigenvalue weighted by molar-refractivity contribution is 6.51. The van der Waals surface area contributed by atoms with Crippen molar-refractivity contribution in [2.75, 3.05) is 4.90 Å². The largest absolute Gasteiger partial charge is 0.507 e. The lowest BCUT2D eigenvalue weighted by molar-refractivity contribution is -0.132. The number of aromatic nitrogens is 1. The highest BCUT2D eigenvalue weighted by atomic mass is 19.1. The molecule has 1 fully saturated rings. The molecule has 0 bridgehead atoms. The lowest BCUT2D eigenvalue weighted by atomic mass is 9.95. The number of carbonyl (C=O) groups is 2. The number of aliphatic hydroxyl groups excluding tert-OH is 1. The van der Waals surface area contributed by atoms with Crippen LogP contribution in [0.5, 0.6) is 0 Å². The molecule has 1 amide bonds. The van der Waals surface area contributed by atoms with Gasteiger partial charge in [0.2, 0.25) is 0 Å². The second-order valence-electron chi connectivity index (χ2n) is 6.49. The van der Waals surface area contributed by atoms with E-state index in [0.29, 0.717) is 5.76 Å². The van der Waals surface area contributed by atoms with Gasteiger partial charge in [-0.05, 0) is 37.3 Å². The molecule has 0 saturated carbocycles. The zero-order valence-corrected chi connectivity index (χ0v) is 15.1. The number of nitrogens with zero attached hydrogens (tertiary/aromatic N) is 2. The van der Waals surface area contributed by atoms with Gasteiger partial charge in [-0.3, -0.25) is 14.5 Å². The van der Waals surface area contributed by atoms with Crippen molar-refractivity contribution in [2.45, 2.75) is 13.0 Å². The molecule has 1 atom stereocenters. The fraction of sp³-hybridized carbons (Fsp3) is 0.0952. The quantitative estimate of drug-likeness (QED) is 0.413. The van der Waals surface area contributed by atoms with Gasteiger partial charge in [0.25, 0.3) is 5.78 Å². The molecule has 0 unspecified atom stereocenters. The van der Waals surface area contributed by atoms with Crippen LogP contribution in [0.1, 0.15) is 22.9 Å².